The highest BCUT2D eigenvalue weighted by Gasteiger charge is 2.28. The molecule has 0 spiro atoms. The number of nitrogens with zero attached hydrogens (tertiary/aromatic N) is 3. The van der Waals surface area contributed by atoms with Gasteiger partial charge in [0.25, 0.3) is 11.9 Å². The molecule has 0 radical (unpaired) electrons. The van der Waals surface area contributed by atoms with E-state index >= 15 is 0 Å². The van der Waals surface area contributed by atoms with Crippen molar-refractivity contribution in [3.63, 3.8) is 0 Å². The molecule has 33 heavy (non-hydrogen) atoms. The maximum atomic E-state index is 13.3. The van der Waals surface area contributed by atoms with E-state index in [1.807, 2.05) is 0 Å². The lowest BCUT2D eigenvalue weighted by Gasteiger charge is -2.37. The highest BCUT2D eigenvalue weighted by Crippen LogP contribution is 2.31. The second kappa shape index (κ2) is 13.6. The van der Waals surface area contributed by atoms with Crippen molar-refractivity contribution in [2.24, 2.45) is 11.8 Å². The Morgan fingerprint density at radius 3 is 2.21 bits per heavy atom. The van der Waals surface area contributed by atoms with Crippen LogP contribution < -0.4 is 5.32 Å². The number of aliphatic carboxylic acids is 2. The van der Waals surface area contributed by atoms with Gasteiger partial charge in [-0.15, -0.1) is 10.2 Å². The molecule has 2 aliphatic rings. The van der Waals surface area contributed by atoms with E-state index in [4.69, 9.17) is 24.2 Å². The summed E-state index contributed by atoms with van der Waals surface area (Å²) in [4.78, 5) is 20.4. The molecule has 0 saturated carbocycles. The molecule has 3 N–H and O–H groups in total. The molecule has 2 fully saturated rings. The molecule has 0 bridgehead atoms. The maximum absolute atomic E-state index is 13.3. The van der Waals surface area contributed by atoms with Crippen molar-refractivity contribution in [3.05, 3.63) is 36.0 Å². The average Bonchev–Trinajstić information content (AvgIpc) is 3.23. The van der Waals surface area contributed by atoms with E-state index in [-0.39, 0.29) is 5.82 Å². The predicted molar refractivity (Wildman–Crippen MR) is 120 cm³/mol. The van der Waals surface area contributed by atoms with E-state index in [1.54, 1.807) is 12.1 Å². The SMILES string of the molecule is CC(=O)O.CC(=O)O.Fc1cccc(-c2nnc(CN3CCC(C4CCNCC4)CC3)o2)c1. The quantitative estimate of drug-likeness (QED) is 0.624. The summed E-state index contributed by atoms with van der Waals surface area (Å²) in [6.45, 7) is 7.38. The highest BCUT2D eigenvalue weighted by atomic mass is 19.1. The number of halogens is 1. The number of nitrogens with one attached hydrogen (secondary N) is 1. The van der Waals surface area contributed by atoms with Crippen molar-refractivity contribution in [3.8, 4) is 11.5 Å². The molecule has 0 amide bonds. The van der Waals surface area contributed by atoms with Gasteiger partial charge in [0, 0.05) is 19.4 Å². The van der Waals surface area contributed by atoms with Gasteiger partial charge in [-0.05, 0) is 81.9 Å². The summed E-state index contributed by atoms with van der Waals surface area (Å²) in [7, 11) is 0. The fraction of sp³-hybridized carbons (Fsp3) is 0.565. The van der Waals surface area contributed by atoms with Gasteiger partial charge in [-0.1, -0.05) is 6.07 Å². The monoisotopic (exact) mass is 464 g/mol. The Labute approximate surface area is 193 Å². The van der Waals surface area contributed by atoms with Crippen molar-refractivity contribution in [1.82, 2.24) is 20.4 Å². The fourth-order valence-corrected chi connectivity index (χ4v) is 4.15. The molecule has 4 rings (SSSR count). The molecular weight excluding hydrogens is 431 g/mol. The summed E-state index contributed by atoms with van der Waals surface area (Å²) in [5, 5.41) is 26.5. The Bertz CT molecular complexity index is 857. The Morgan fingerprint density at radius 1 is 1.06 bits per heavy atom. The summed E-state index contributed by atoms with van der Waals surface area (Å²) in [5.41, 5.74) is 0.628. The zero-order chi connectivity index (χ0) is 24.2. The summed E-state index contributed by atoms with van der Waals surface area (Å²) in [6.07, 6.45) is 5.17. The molecule has 10 heteroatoms. The number of aromatic nitrogens is 2. The zero-order valence-corrected chi connectivity index (χ0v) is 19.2. The van der Waals surface area contributed by atoms with Crippen molar-refractivity contribution in [2.75, 3.05) is 26.2 Å². The van der Waals surface area contributed by atoms with Gasteiger partial charge in [-0.25, -0.2) is 4.39 Å². The van der Waals surface area contributed by atoms with Gasteiger partial charge in [0.1, 0.15) is 5.82 Å². The van der Waals surface area contributed by atoms with Crippen LogP contribution in [0.4, 0.5) is 4.39 Å². The minimum Gasteiger partial charge on any atom is -0.481 e. The largest absolute Gasteiger partial charge is 0.481 e. The van der Waals surface area contributed by atoms with Crippen LogP contribution in [0.1, 0.15) is 45.4 Å². The van der Waals surface area contributed by atoms with E-state index in [0.29, 0.717) is 23.9 Å². The van der Waals surface area contributed by atoms with Crippen LogP contribution in [0.5, 0.6) is 0 Å². The van der Waals surface area contributed by atoms with Gasteiger partial charge in [0.15, 0.2) is 0 Å². The number of carbonyl (C=O) groups is 2. The van der Waals surface area contributed by atoms with Crippen LogP contribution in [0.15, 0.2) is 28.7 Å². The number of carboxylic acids is 2. The third kappa shape index (κ3) is 10.1. The summed E-state index contributed by atoms with van der Waals surface area (Å²) in [5.74, 6) is 0.797. The third-order valence-electron chi connectivity index (χ3n) is 5.58. The molecule has 2 aromatic rings. The first-order valence-electron chi connectivity index (χ1n) is 11.1. The van der Waals surface area contributed by atoms with E-state index in [1.165, 1.54) is 50.9 Å². The van der Waals surface area contributed by atoms with Crippen molar-refractivity contribution < 1.29 is 28.6 Å². The Hall–Kier alpha value is -2.85. The molecule has 2 saturated heterocycles. The van der Waals surface area contributed by atoms with Gasteiger partial charge in [-0.2, -0.15) is 0 Å². The summed E-state index contributed by atoms with van der Waals surface area (Å²) < 4.78 is 19.1. The van der Waals surface area contributed by atoms with Gasteiger partial charge in [0.2, 0.25) is 11.8 Å². The van der Waals surface area contributed by atoms with Crippen molar-refractivity contribution in [1.29, 1.82) is 0 Å². The predicted octanol–water partition coefficient (Wildman–Crippen LogP) is 3.27. The van der Waals surface area contributed by atoms with Gasteiger partial charge < -0.3 is 19.9 Å². The number of benzene rings is 1. The maximum Gasteiger partial charge on any atom is 0.300 e. The number of hydrogen-bond acceptors (Lipinski definition) is 7. The van der Waals surface area contributed by atoms with Crippen LogP contribution in [-0.4, -0.2) is 63.4 Å². The molecule has 9 nitrogen and oxygen atoms in total. The fourth-order valence-electron chi connectivity index (χ4n) is 4.15. The first-order chi connectivity index (χ1) is 15.7. The van der Waals surface area contributed by atoms with Gasteiger partial charge in [-0.3, -0.25) is 14.5 Å². The molecule has 0 unspecified atom stereocenters. The summed E-state index contributed by atoms with van der Waals surface area (Å²) in [6, 6.07) is 6.26. The third-order valence-corrected chi connectivity index (χ3v) is 5.58. The Balaban J connectivity index is 0.000000420. The molecular formula is C23H33FN4O5. The smallest absolute Gasteiger partial charge is 0.300 e. The van der Waals surface area contributed by atoms with E-state index in [0.717, 1.165) is 38.8 Å². The first kappa shape index (κ1) is 26.4. The summed E-state index contributed by atoms with van der Waals surface area (Å²) >= 11 is 0. The lowest BCUT2D eigenvalue weighted by atomic mass is 9.79. The molecule has 1 aromatic heterocycles. The van der Waals surface area contributed by atoms with Crippen LogP contribution in [0.3, 0.4) is 0 Å². The average molecular weight is 465 g/mol. The van der Waals surface area contributed by atoms with Gasteiger partial charge >= 0.3 is 0 Å². The topological polar surface area (TPSA) is 129 Å². The van der Waals surface area contributed by atoms with Crippen LogP contribution in [0, 0.1) is 17.7 Å². The molecule has 0 atom stereocenters. The van der Waals surface area contributed by atoms with Crippen LogP contribution in [0.2, 0.25) is 0 Å². The molecule has 2 aliphatic heterocycles. The van der Waals surface area contributed by atoms with E-state index in [2.05, 4.69) is 20.4 Å². The van der Waals surface area contributed by atoms with Crippen LogP contribution in [-0.2, 0) is 16.1 Å². The van der Waals surface area contributed by atoms with E-state index < -0.39 is 11.9 Å². The Morgan fingerprint density at radius 2 is 1.64 bits per heavy atom. The van der Waals surface area contributed by atoms with Crippen molar-refractivity contribution in [2.45, 2.75) is 46.1 Å². The number of carboxylic acid groups (broad SMARTS) is 2. The first-order valence-corrected chi connectivity index (χ1v) is 11.1. The minimum atomic E-state index is -0.833. The number of hydrogen-bond donors (Lipinski definition) is 3. The van der Waals surface area contributed by atoms with Crippen LogP contribution in [0.25, 0.3) is 11.5 Å². The lowest BCUT2D eigenvalue weighted by Crippen LogP contribution is -2.39. The molecule has 0 aliphatic carbocycles. The second-order valence-electron chi connectivity index (χ2n) is 8.25. The number of likely N-dealkylation sites (tertiary alicyclic amines) is 1. The van der Waals surface area contributed by atoms with Gasteiger partial charge in [0.05, 0.1) is 6.54 Å². The van der Waals surface area contributed by atoms with E-state index in [9.17, 15) is 4.39 Å². The van der Waals surface area contributed by atoms with Crippen molar-refractivity contribution >= 4 is 11.9 Å². The highest BCUT2D eigenvalue weighted by molar-refractivity contribution is 5.63. The molecule has 1 aromatic carbocycles. The number of piperidine rings is 2. The normalized spacial score (nSPS) is 17.3. The number of rotatable bonds is 4. The molecule has 182 valence electrons. The lowest BCUT2D eigenvalue weighted by molar-refractivity contribution is -0.135. The minimum absolute atomic E-state index is 0.294. The second-order valence-corrected chi connectivity index (χ2v) is 8.25. The standard InChI is InChI=1S/C19H25FN4O.2C2H4O2/c20-17-3-1-2-16(12-17)19-23-22-18(25-19)13-24-10-6-15(7-11-24)14-4-8-21-9-5-14;2*1-2(3)4/h1-3,12,14-15,21H,4-11,13H2;2*1H3,(H,3,4). The Kier molecular flexibility index (Phi) is 10.9. The van der Waals surface area contributed by atoms with Crippen LogP contribution >= 0.6 is 0 Å². The zero-order valence-electron chi connectivity index (χ0n) is 19.2. The molecule has 3 heterocycles.